The molecule has 148 valence electrons. The molecule has 1 atom stereocenters. The van der Waals surface area contributed by atoms with Gasteiger partial charge in [0.15, 0.2) is 0 Å². The number of hydrogen-bond donors (Lipinski definition) is 2. The molecular weight excluding hydrogens is 349 g/mol. The molecule has 0 radical (unpaired) electrons. The summed E-state index contributed by atoms with van der Waals surface area (Å²) in [6, 6.07) is 3.57. The van der Waals surface area contributed by atoms with Gasteiger partial charge >= 0.3 is 5.97 Å². The number of benzene rings is 1. The first-order chi connectivity index (χ1) is 12.8. The van der Waals surface area contributed by atoms with Crippen molar-refractivity contribution < 1.29 is 19.1 Å². The summed E-state index contributed by atoms with van der Waals surface area (Å²) in [6.07, 6.45) is 4.20. The zero-order valence-corrected chi connectivity index (χ0v) is 15.8. The van der Waals surface area contributed by atoms with Gasteiger partial charge < -0.3 is 10.8 Å². The maximum Gasteiger partial charge on any atom is 0.325 e. The van der Waals surface area contributed by atoms with Gasteiger partial charge in [-0.2, -0.15) is 0 Å². The lowest BCUT2D eigenvalue weighted by Gasteiger charge is -2.49. The van der Waals surface area contributed by atoms with Crippen LogP contribution in [0.4, 0.5) is 4.39 Å². The third-order valence-electron chi connectivity index (χ3n) is 6.09. The maximum atomic E-state index is 14.4. The number of primary amides is 1. The molecule has 6 nitrogen and oxygen atoms in total. The van der Waals surface area contributed by atoms with Crippen molar-refractivity contribution in [3.8, 4) is 0 Å². The van der Waals surface area contributed by atoms with Crippen LogP contribution in [0, 0.1) is 12.7 Å². The van der Waals surface area contributed by atoms with Crippen LogP contribution in [-0.4, -0.2) is 58.5 Å². The first-order valence-corrected chi connectivity index (χ1v) is 9.63. The molecule has 0 spiro atoms. The van der Waals surface area contributed by atoms with E-state index in [2.05, 4.69) is 4.90 Å². The van der Waals surface area contributed by atoms with Gasteiger partial charge in [-0.3, -0.25) is 19.4 Å². The van der Waals surface area contributed by atoms with E-state index in [0.29, 0.717) is 25.9 Å². The molecule has 3 rings (SSSR count). The van der Waals surface area contributed by atoms with Crippen molar-refractivity contribution in [1.29, 1.82) is 0 Å². The third-order valence-corrected chi connectivity index (χ3v) is 6.09. The van der Waals surface area contributed by atoms with Gasteiger partial charge in [-0.25, -0.2) is 4.39 Å². The quantitative estimate of drug-likeness (QED) is 0.820. The van der Waals surface area contributed by atoms with Gasteiger partial charge in [0.25, 0.3) is 0 Å². The number of nitrogens with zero attached hydrogens (tertiary/aromatic N) is 2. The molecule has 1 aromatic rings. The number of amides is 1. The molecule has 7 heteroatoms. The lowest BCUT2D eigenvalue weighted by atomic mass is 9.82. The van der Waals surface area contributed by atoms with Gasteiger partial charge in [-0.05, 0) is 57.3 Å². The molecule has 2 heterocycles. The van der Waals surface area contributed by atoms with Crippen molar-refractivity contribution in [2.45, 2.75) is 50.6 Å². The molecule has 2 fully saturated rings. The molecule has 0 aliphatic carbocycles. The number of carboxylic acids is 1. The van der Waals surface area contributed by atoms with E-state index in [9.17, 15) is 19.1 Å². The maximum absolute atomic E-state index is 14.4. The Morgan fingerprint density at radius 2 is 1.78 bits per heavy atom. The fraction of sp³-hybridized carbons (Fsp3) is 0.600. The summed E-state index contributed by atoms with van der Waals surface area (Å²) in [4.78, 5) is 28.2. The van der Waals surface area contributed by atoms with E-state index in [-0.39, 0.29) is 11.5 Å². The van der Waals surface area contributed by atoms with Crippen LogP contribution in [0.5, 0.6) is 0 Å². The van der Waals surface area contributed by atoms with Gasteiger partial charge in [0.1, 0.15) is 17.4 Å². The summed E-state index contributed by atoms with van der Waals surface area (Å²) < 4.78 is 14.4. The molecule has 1 amide bonds. The molecule has 2 saturated heterocycles. The fourth-order valence-corrected chi connectivity index (χ4v) is 4.53. The molecule has 0 aromatic heterocycles. The number of carboxylic acid groups (broad SMARTS) is 1. The van der Waals surface area contributed by atoms with E-state index < -0.39 is 23.4 Å². The zero-order chi connectivity index (χ0) is 19.6. The number of hydrogen-bond acceptors (Lipinski definition) is 4. The number of aliphatic carboxylic acids is 1. The van der Waals surface area contributed by atoms with E-state index in [1.165, 1.54) is 6.07 Å². The Bertz CT molecular complexity index is 710. The molecule has 2 aliphatic rings. The summed E-state index contributed by atoms with van der Waals surface area (Å²) >= 11 is 0. The minimum absolute atomic E-state index is 0.164. The number of likely N-dealkylation sites (tertiary alicyclic amines) is 2. The van der Waals surface area contributed by atoms with Crippen LogP contribution in [0.25, 0.3) is 0 Å². The lowest BCUT2D eigenvalue weighted by molar-refractivity contribution is -0.146. The van der Waals surface area contributed by atoms with Crippen molar-refractivity contribution in [2.75, 3.05) is 26.2 Å². The SMILES string of the molecule is Cc1ccc([C@H](C(=O)O)N2CCC(C(N)=O)(N3CCCCC3)CC2)c(F)c1. The van der Waals surface area contributed by atoms with Crippen LogP contribution in [-0.2, 0) is 9.59 Å². The van der Waals surface area contributed by atoms with Crippen molar-refractivity contribution in [3.63, 3.8) is 0 Å². The van der Waals surface area contributed by atoms with Gasteiger partial charge in [0.2, 0.25) is 5.91 Å². The van der Waals surface area contributed by atoms with E-state index in [1.807, 2.05) is 0 Å². The third kappa shape index (κ3) is 3.84. The Balaban J connectivity index is 1.81. The van der Waals surface area contributed by atoms with Crippen LogP contribution in [0.1, 0.15) is 49.3 Å². The highest BCUT2D eigenvalue weighted by molar-refractivity contribution is 5.85. The van der Waals surface area contributed by atoms with Gasteiger partial charge in [0.05, 0.1) is 0 Å². The highest BCUT2D eigenvalue weighted by Gasteiger charge is 2.47. The number of nitrogens with two attached hydrogens (primary N) is 1. The predicted molar refractivity (Wildman–Crippen MR) is 99.7 cm³/mol. The van der Waals surface area contributed by atoms with Crippen molar-refractivity contribution in [1.82, 2.24) is 9.80 Å². The average molecular weight is 377 g/mol. The molecule has 27 heavy (non-hydrogen) atoms. The van der Waals surface area contributed by atoms with E-state index >= 15 is 0 Å². The minimum Gasteiger partial charge on any atom is -0.480 e. The second-order valence-corrected chi connectivity index (χ2v) is 7.75. The number of aryl methyl sites for hydroxylation is 1. The number of carbonyl (C=O) groups is 2. The summed E-state index contributed by atoms with van der Waals surface area (Å²) in [5.74, 6) is -1.93. The van der Waals surface area contributed by atoms with Gasteiger partial charge in [-0.15, -0.1) is 0 Å². The van der Waals surface area contributed by atoms with Crippen LogP contribution in [0.15, 0.2) is 18.2 Å². The molecule has 1 aromatic carbocycles. The first-order valence-electron chi connectivity index (χ1n) is 9.63. The van der Waals surface area contributed by atoms with Crippen LogP contribution < -0.4 is 5.73 Å². The Labute approximate surface area is 159 Å². The predicted octanol–water partition coefficient (Wildman–Crippen LogP) is 2.07. The summed E-state index contributed by atoms with van der Waals surface area (Å²) in [7, 11) is 0. The normalized spacial score (nSPS) is 22.3. The Morgan fingerprint density at radius 3 is 2.30 bits per heavy atom. The first kappa shape index (κ1) is 19.8. The summed E-state index contributed by atoms with van der Waals surface area (Å²) in [5, 5.41) is 9.75. The minimum atomic E-state index is -1.08. The van der Waals surface area contributed by atoms with Crippen molar-refractivity contribution >= 4 is 11.9 Å². The second kappa shape index (κ2) is 7.94. The van der Waals surface area contributed by atoms with Gasteiger partial charge in [0, 0.05) is 18.7 Å². The van der Waals surface area contributed by atoms with Crippen LogP contribution >= 0.6 is 0 Å². The van der Waals surface area contributed by atoms with E-state index in [4.69, 9.17) is 5.73 Å². The largest absolute Gasteiger partial charge is 0.480 e. The van der Waals surface area contributed by atoms with E-state index in [0.717, 1.165) is 37.9 Å². The Morgan fingerprint density at radius 1 is 1.15 bits per heavy atom. The van der Waals surface area contributed by atoms with Crippen LogP contribution in [0.3, 0.4) is 0 Å². The van der Waals surface area contributed by atoms with Gasteiger partial charge in [-0.1, -0.05) is 18.6 Å². The zero-order valence-electron chi connectivity index (χ0n) is 15.8. The molecule has 2 aliphatic heterocycles. The number of piperidine rings is 2. The Hall–Kier alpha value is -1.99. The molecular formula is C20H28FN3O3. The summed E-state index contributed by atoms with van der Waals surface area (Å²) in [6.45, 7) is 4.24. The number of carbonyl (C=O) groups excluding carboxylic acids is 1. The van der Waals surface area contributed by atoms with Crippen molar-refractivity contribution in [2.24, 2.45) is 5.73 Å². The average Bonchev–Trinajstić information content (AvgIpc) is 2.64. The topological polar surface area (TPSA) is 86.9 Å². The number of halogens is 1. The number of rotatable bonds is 5. The smallest absolute Gasteiger partial charge is 0.325 e. The molecule has 0 bridgehead atoms. The van der Waals surface area contributed by atoms with Crippen molar-refractivity contribution in [3.05, 3.63) is 35.1 Å². The van der Waals surface area contributed by atoms with Crippen LogP contribution in [0.2, 0.25) is 0 Å². The molecule has 3 N–H and O–H groups in total. The summed E-state index contributed by atoms with van der Waals surface area (Å²) in [5.41, 5.74) is 5.99. The van der Waals surface area contributed by atoms with E-state index in [1.54, 1.807) is 24.0 Å². The lowest BCUT2D eigenvalue weighted by Crippen LogP contribution is -2.63. The monoisotopic (exact) mass is 377 g/mol. The molecule has 0 saturated carbocycles. The highest BCUT2D eigenvalue weighted by atomic mass is 19.1. The molecule has 0 unspecified atom stereocenters. The Kier molecular flexibility index (Phi) is 5.81. The fourth-order valence-electron chi connectivity index (χ4n) is 4.53. The highest BCUT2D eigenvalue weighted by Crippen LogP contribution is 2.35. The second-order valence-electron chi connectivity index (χ2n) is 7.75. The standard InChI is InChI=1S/C20H28FN3O3/c1-14-5-6-15(16(21)13-14)17(18(25)26)23-11-7-20(8-12-23,19(22)27)24-9-3-2-4-10-24/h5-6,13,17H,2-4,7-12H2,1H3,(H2,22,27)(H,25,26)/t17-/m1/s1.